The molecule has 0 atom stereocenters. The number of nitrogens with zero attached hydrogens (tertiary/aromatic N) is 2. The first kappa shape index (κ1) is 14.8. The molecule has 4 rings (SSSR count). The molecular formula is C20H12ClFN2. The Morgan fingerprint density at radius 2 is 1.33 bits per heavy atom. The number of rotatable bonds is 2. The summed E-state index contributed by atoms with van der Waals surface area (Å²) in [6.07, 6.45) is 1.74. The van der Waals surface area contributed by atoms with Crippen LogP contribution < -0.4 is 0 Å². The van der Waals surface area contributed by atoms with E-state index in [1.54, 1.807) is 30.5 Å². The average Bonchev–Trinajstić information content (AvgIpc) is 2.62. The van der Waals surface area contributed by atoms with Crippen molar-refractivity contribution in [3.63, 3.8) is 0 Å². The highest BCUT2D eigenvalue weighted by Crippen LogP contribution is 2.25. The standard InChI is InChI=1S/C20H12ClFN2/c21-16-7-10-18-19(11-16)23-12-20(24-18)15-3-1-13(2-4-15)14-5-8-17(22)9-6-14/h1-12H. The summed E-state index contributed by atoms with van der Waals surface area (Å²) in [5.41, 5.74) is 5.36. The van der Waals surface area contributed by atoms with Crippen LogP contribution in [0.1, 0.15) is 0 Å². The second-order valence-corrected chi connectivity index (χ2v) is 5.91. The summed E-state index contributed by atoms with van der Waals surface area (Å²) in [4.78, 5) is 9.05. The molecule has 0 saturated carbocycles. The lowest BCUT2D eigenvalue weighted by atomic mass is 10.0. The normalized spacial score (nSPS) is 10.9. The number of halogens is 2. The molecule has 0 bridgehead atoms. The molecule has 0 fully saturated rings. The van der Waals surface area contributed by atoms with E-state index in [2.05, 4.69) is 9.97 Å². The fraction of sp³-hybridized carbons (Fsp3) is 0. The second-order valence-electron chi connectivity index (χ2n) is 5.47. The molecule has 24 heavy (non-hydrogen) atoms. The number of hydrogen-bond donors (Lipinski definition) is 0. The van der Waals surface area contributed by atoms with E-state index in [9.17, 15) is 4.39 Å². The number of hydrogen-bond acceptors (Lipinski definition) is 2. The lowest BCUT2D eigenvalue weighted by Crippen LogP contribution is -1.89. The number of fused-ring (bicyclic) bond motifs is 1. The third-order valence-electron chi connectivity index (χ3n) is 3.86. The van der Waals surface area contributed by atoms with Gasteiger partial charge in [-0.3, -0.25) is 4.98 Å². The molecule has 116 valence electrons. The average molecular weight is 335 g/mol. The van der Waals surface area contributed by atoms with Crippen molar-refractivity contribution in [2.75, 3.05) is 0 Å². The zero-order valence-electron chi connectivity index (χ0n) is 12.6. The molecule has 4 heteroatoms. The summed E-state index contributed by atoms with van der Waals surface area (Å²) >= 11 is 5.97. The van der Waals surface area contributed by atoms with Gasteiger partial charge in [-0.1, -0.05) is 48.0 Å². The first-order valence-electron chi connectivity index (χ1n) is 7.48. The molecule has 3 aromatic carbocycles. The lowest BCUT2D eigenvalue weighted by molar-refractivity contribution is 0.628. The highest BCUT2D eigenvalue weighted by molar-refractivity contribution is 6.31. The van der Waals surface area contributed by atoms with Gasteiger partial charge < -0.3 is 0 Å². The van der Waals surface area contributed by atoms with Crippen molar-refractivity contribution in [2.45, 2.75) is 0 Å². The van der Waals surface area contributed by atoms with Gasteiger partial charge in [-0.15, -0.1) is 0 Å². The molecule has 1 heterocycles. The molecule has 0 saturated heterocycles. The zero-order chi connectivity index (χ0) is 16.5. The maximum Gasteiger partial charge on any atom is 0.123 e. The molecule has 0 radical (unpaired) electrons. The maximum atomic E-state index is 13.0. The maximum absolute atomic E-state index is 13.0. The summed E-state index contributed by atoms with van der Waals surface area (Å²) in [7, 11) is 0. The smallest absolute Gasteiger partial charge is 0.123 e. The second kappa shape index (κ2) is 6.02. The van der Waals surface area contributed by atoms with Crippen molar-refractivity contribution < 1.29 is 4.39 Å². The van der Waals surface area contributed by atoms with E-state index in [4.69, 9.17) is 11.6 Å². The van der Waals surface area contributed by atoms with E-state index < -0.39 is 0 Å². The van der Waals surface area contributed by atoms with Crippen molar-refractivity contribution in [1.29, 1.82) is 0 Å². The van der Waals surface area contributed by atoms with E-state index in [0.717, 1.165) is 33.4 Å². The monoisotopic (exact) mass is 334 g/mol. The predicted octanol–water partition coefficient (Wildman–Crippen LogP) is 5.76. The summed E-state index contributed by atoms with van der Waals surface area (Å²) in [5, 5.41) is 0.646. The molecule has 0 aliphatic carbocycles. The van der Waals surface area contributed by atoms with Crippen LogP contribution in [0.3, 0.4) is 0 Å². The van der Waals surface area contributed by atoms with Crippen LogP contribution in [0.2, 0.25) is 5.02 Å². The van der Waals surface area contributed by atoms with E-state index in [-0.39, 0.29) is 5.82 Å². The van der Waals surface area contributed by atoms with Gasteiger partial charge in [0.25, 0.3) is 0 Å². The molecule has 1 aromatic heterocycles. The van der Waals surface area contributed by atoms with Crippen LogP contribution in [0.15, 0.2) is 72.9 Å². The lowest BCUT2D eigenvalue weighted by Gasteiger charge is -2.05. The van der Waals surface area contributed by atoms with Crippen molar-refractivity contribution >= 4 is 22.6 Å². The van der Waals surface area contributed by atoms with Crippen LogP contribution in [-0.4, -0.2) is 9.97 Å². The Hall–Kier alpha value is -2.78. The predicted molar refractivity (Wildman–Crippen MR) is 95.4 cm³/mol. The van der Waals surface area contributed by atoms with Crippen molar-refractivity contribution in [1.82, 2.24) is 9.97 Å². The minimum Gasteiger partial charge on any atom is -0.252 e. The van der Waals surface area contributed by atoms with Crippen LogP contribution in [0.25, 0.3) is 33.4 Å². The van der Waals surface area contributed by atoms with Gasteiger partial charge in [0.2, 0.25) is 0 Å². The number of benzene rings is 3. The fourth-order valence-corrected chi connectivity index (χ4v) is 2.77. The highest BCUT2D eigenvalue weighted by atomic mass is 35.5. The molecule has 0 aliphatic rings. The Balaban J connectivity index is 1.69. The summed E-state index contributed by atoms with van der Waals surface area (Å²) in [5.74, 6) is -0.234. The quantitative estimate of drug-likeness (QED) is 0.466. The van der Waals surface area contributed by atoms with Gasteiger partial charge in [-0.2, -0.15) is 0 Å². The molecular weight excluding hydrogens is 323 g/mol. The van der Waals surface area contributed by atoms with Gasteiger partial charge >= 0.3 is 0 Å². The van der Waals surface area contributed by atoms with Crippen molar-refractivity contribution in [3.05, 3.63) is 83.8 Å². The topological polar surface area (TPSA) is 25.8 Å². The van der Waals surface area contributed by atoms with E-state index in [1.165, 1.54) is 12.1 Å². The fourth-order valence-electron chi connectivity index (χ4n) is 2.60. The Kier molecular flexibility index (Phi) is 3.71. The van der Waals surface area contributed by atoms with Crippen LogP contribution in [0.4, 0.5) is 4.39 Å². The minimum atomic E-state index is -0.234. The first-order valence-corrected chi connectivity index (χ1v) is 7.85. The SMILES string of the molecule is Fc1ccc(-c2ccc(-c3cnc4cc(Cl)ccc4n3)cc2)cc1. The van der Waals surface area contributed by atoms with Crippen LogP contribution in [0.5, 0.6) is 0 Å². The third kappa shape index (κ3) is 2.86. The Labute approximate surface area is 143 Å². The Morgan fingerprint density at radius 3 is 2.04 bits per heavy atom. The molecule has 2 nitrogen and oxygen atoms in total. The molecule has 0 aliphatic heterocycles. The van der Waals surface area contributed by atoms with Gasteiger partial charge in [0.1, 0.15) is 5.82 Å². The van der Waals surface area contributed by atoms with Gasteiger partial charge in [0, 0.05) is 10.6 Å². The van der Waals surface area contributed by atoms with E-state index in [0.29, 0.717) is 5.02 Å². The van der Waals surface area contributed by atoms with Crippen molar-refractivity contribution in [3.8, 4) is 22.4 Å². The number of aromatic nitrogens is 2. The van der Waals surface area contributed by atoms with E-state index in [1.807, 2.05) is 30.3 Å². The summed E-state index contributed by atoms with van der Waals surface area (Å²) < 4.78 is 13.0. The van der Waals surface area contributed by atoms with Gasteiger partial charge in [0.05, 0.1) is 22.9 Å². The van der Waals surface area contributed by atoms with E-state index >= 15 is 0 Å². The minimum absolute atomic E-state index is 0.234. The van der Waals surface area contributed by atoms with Crippen LogP contribution in [-0.2, 0) is 0 Å². The Bertz CT molecular complexity index is 1010. The molecule has 4 aromatic rings. The largest absolute Gasteiger partial charge is 0.252 e. The van der Waals surface area contributed by atoms with Gasteiger partial charge in [0.15, 0.2) is 0 Å². The van der Waals surface area contributed by atoms with Gasteiger partial charge in [-0.25, -0.2) is 9.37 Å². The first-order chi connectivity index (χ1) is 11.7. The Morgan fingerprint density at radius 1 is 0.708 bits per heavy atom. The molecule has 0 N–H and O–H groups in total. The third-order valence-corrected chi connectivity index (χ3v) is 4.10. The van der Waals surface area contributed by atoms with Crippen LogP contribution in [0, 0.1) is 5.82 Å². The van der Waals surface area contributed by atoms with Crippen LogP contribution >= 0.6 is 11.6 Å². The summed E-state index contributed by atoms with van der Waals surface area (Å²) in [6, 6.07) is 19.9. The van der Waals surface area contributed by atoms with Crippen molar-refractivity contribution in [2.24, 2.45) is 0 Å². The highest BCUT2D eigenvalue weighted by Gasteiger charge is 2.05. The zero-order valence-corrected chi connectivity index (χ0v) is 13.3. The molecule has 0 spiro atoms. The molecule has 0 unspecified atom stereocenters. The summed E-state index contributed by atoms with van der Waals surface area (Å²) in [6.45, 7) is 0. The van der Waals surface area contributed by atoms with Gasteiger partial charge in [-0.05, 0) is 41.5 Å². The molecule has 0 amide bonds.